The molecule has 0 aliphatic rings. The van der Waals surface area contributed by atoms with E-state index >= 15 is 0 Å². The summed E-state index contributed by atoms with van der Waals surface area (Å²) < 4.78 is 18.2. The summed E-state index contributed by atoms with van der Waals surface area (Å²) in [6.45, 7) is 4.66. The lowest BCUT2D eigenvalue weighted by atomic mass is 10.1. The van der Waals surface area contributed by atoms with Crippen LogP contribution >= 0.6 is 0 Å². The molecule has 1 heterocycles. The van der Waals surface area contributed by atoms with Crippen molar-refractivity contribution < 1.29 is 8.81 Å². The first kappa shape index (κ1) is 11.9. The molecule has 17 heavy (non-hydrogen) atoms. The largest absolute Gasteiger partial charge is 0.468 e. The van der Waals surface area contributed by atoms with Gasteiger partial charge in [-0.05, 0) is 49.2 Å². The Balaban J connectivity index is 1.98. The van der Waals surface area contributed by atoms with Crippen LogP contribution in [0.1, 0.15) is 29.9 Å². The van der Waals surface area contributed by atoms with Gasteiger partial charge in [-0.15, -0.1) is 0 Å². The van der Waals surface area contributed by atoms with E-state index in [1.54, 1.807) is 12.3 Å². The molecule has 0 fully saturated rings. The van der Waals surface area contributed by atoms with Crippen molar-refractivity contribution in [2.75, 3.05) is 0 Å². The molecule has 0 aliphatic carbocycles. The van der Waals surface area contributed by atoms with Gasteiger partial charge in [0.05, 0.1) is 12.3 Å². The summed E-state index contributed by atoms with van der Waals surface area (Å²) in [5, 5.41) is 3.35. The van der Waals surface area contributed by atoms with Gasteiger partial charge in [0, 0.05) is 6.54 Å². The third-order valence-electron chi connectivity index (χ3n) is 2.87. The maximum absolute atomic E-state index is 12.9. The fourth-order valence-corrected chi connectivity index (χ4v) is 1.76. The second-order valence-electron chi connectivity index (χ2n) is 4.19. The normalized spacial score (nSPS) is 12.6. The Morgan fingerprint density at radius 1 is 1.35 bits per heavy atom. The average Bonchev–Trinajstić information content (AvgIpc) is 2.81. The van der Waals surface area contributed by atoms with Gasteiger partial charge in [-0.3, -0.25) is 0 Å². The molecule has 3 heteroatoms. The number of hydrogen-bond acceptors (Lipinski definition) is 2. The topological polar surface area (TPSA) is 25.2 Å². The molecule has 0 bridgehead atoms. The number of hydrogen-bond donors (Lipinski definition) is 1. The first-order valence-electron chi connectivity index (χ1n) is 5.68. The average molecular weight is 233 g/mol. The molecule has 0 radical (unpaired) electrons. The lowest BCUT2D eigenvalue weighted by molar-refractivity contribution is 0.430. The first-order chi connectivity index (χ1) is 8.16. The van der Waals surface area contributed by atoms with E-state index in [1.165, 1.54) is 6.07 Å². The number of halogens is 1. The highest BCUT2D eigenvalue weighted by Crippen LogP contribution is 2.15. The van der Waals surface area contributed by atoms with E-state index < -0.39 is 0 Å². The van der Waals surface area contributed by atoms with Crippen LogP contribution in [0.4, 0.5) is 4.39 Å². The van der Waals surface area contributed by atoms with Gasteiger partial charge in [0.15, 0.2) is 0 Å². The fourth-order valence-electron chi connectivity index (χ4n) is 1.76. The van der Waals surface area contributed by atoms with Crippen LogP contribution in [0.15, 0.2) is 41.0 Å². The van der Waals surface area contributed by atoms with Gasteiger partial charge >= 0.3 is 0 Å². The third-order valence-corrected chi connectivity index (χ3v) is 2.87. The minimum absolute atomic E-state index is 0.148. The van der Waals surface area contributed by atoms with Crippen molar-refractivity contribution in [1.29, 1.82) is 0 Å². The second kappa shape index (κ2) is 5.15. The van der Waals surface area contributed by atoms with Crippen LogP contribution < -0.4 is 5.32 Å². The molecule has 0 aliphatic heterocycles. The van der Waals surface area contributed by atoms with Crippen LogP contribution in [0.2, 0.25) is 0 Å². The molecule has 0 amide bonds. The van der Waals surface area contributed by atoms with E-state index in [-0.39, 0.29) is 11.9 Å². The van der Waals surface area contributed by atoms with Crippen molar-refractivity contribution in [1.82, 2.24) is 5.32 Å². The molecule has 1 aromatic carbocycles. The molecule has 1 unspecified atom stereocenters. The number of rotatable bonds is 4. The maximum Gasteiger partial charge on any atom is 0.123 e. The molecule has 1 aromatic heterocycles. The maximum atomic E-state index is 12.9. The summed E-state index contributed by atoms with van der Waals surface area (Å²) in [6.07, 6.45) is 1.66. The molecule has 0 saturated carbocycles. The smallest absolute Gasteiger partial charge is 0.123 e. The molecular weight excluding hydrogens is 217 g/mol. The van der Waals surface area contributed by atoms with Crippen molar-refractivity contribution in [3.8, 4) is 0 Å². The highest BCUT2D eigenvalue weighted by molar-refractivity contribution is 5.26. The lowest BCUT2D eigenvalue weighted by Crippen LogP contribution is -2.18. The molecule has 0 spiro atoms. The third kappa shape index (κ3) is 2.94. The Morgan fingerprint density at radius 3 is 2.82 bits per heavy atom. The first-order valence-corrected chi connectivity index (χ1v) is 5.68. The van der Waals surface area contributed by atoms with Crippen LogP contribution in [0, 0.1) is 12.7 Å². The standard InChI is InChI=1S/C14H16FNO/c1-10-8-13(15)6-5-12(10)9-16-11(2)14-4-3-7-17-14/h3-8,11,16H,9H2,1-2H3. The van der Waals surface area contributed by atoms with Crippen molar-refractivity contribution in [3.05, 3.63) is 59.3 Å². The Labute approximate surface area is 100 Å². The Bertz CT molecular complexity index is 479. The van der Waals surface area contributed by atoms with Crippen molar-refractivity contribution in [2.24, 2.45) is 0 Å². The molecule has 1 N–H and O–H groups in total. The summed E-state index contributed by atoms with van der Waals surface area (Å²) in [6, 6.07) is 8.81. The van der Waals surface area contributed by atoms with Crippen molar-refractivity contribution >= 4 is 0 Å². The highest BCUT2D eigenvalue weighted by atomic mass is 19.1. The number of nitrogens with one attached hydrogen (secondary N) is 1. The predicted octanol–water partition coefficient (Wildman–Crippen LogP) is 3.58. The van der Waals surface area contributed by atoms with Gasteiger partial charge in [0.25, 0.3) is 0 Å². The summed E-state index contributed by atoms with van der Waals surface area (Å²) >= 11 is 0. The van der Waals surface area contributed by atoms with Gasteiger partial charge in [-0.2, -0.15) is 0 Å². The lowest BCUT2D eigenvalue weighted by Gasteiger charge is -2.12. The van der Waals surface area contributed by atoms with Crippen LogP contribution in [0.3, 0.4) is 0 Å². The van der Waals surface area contributed by atoms with Crippen molar-refractivity contribution in [2.45, 2.75) is 26.4 Å². The minimum Gasteiger partial charge on any atom is -0.468 e. The minimum atomic E-state index is -0.190. The van der Waals surface area contributed by atoms with Gasteiger partial charge < -0.3 is 9.73 Å². The van der Waals surface area contributed by atoms with E-state index in [4.69, 9.17) is 4.42 Å². The van der Waals surface area contributed by atoms with Crippen LogP contribution in [-0.4, -0.2) is 0 Å². The van der Waals surface area contributed by atoms with E-state index in [1.807, 2.05) is 32.0 Å². The van der Waals surface area contributed by atoms with Crippen LogP contribution in [-0.2, 0) is 6.54 Å². The number of furan rings is 1. The van der Waals surface area contributed by atoms with Crippen LogP contribution in [0.25, 0.3) is 0 Å². The summed E-state index contributed by atoms with van der Waals surface area (Å²) in [5.41, 5.74) is 2.06. The molecular formula is C14H16FNO. The monoisotopic (exact) mass is 233 g/mol. The summed E-state index contributed by atoms with van der Waals surface area (Å²) in [4.78, 5) is 0. The summed E-state index contributed by atoms with van der Waals surface area (Å²) in [5.74, 6) is 0.718. The van der Waals surface area contributed by atoms with E-state index in [2.05, 4.69) is 5.32 Å². The Morgan fingerprint density at radius 2 is 2.18 bits per heavy atom. The molecule has 1 atom stereocenters. The second-order valence-corrected chi connectivity index (χ2v) is 4.19. The fraction of sp³-hybridized carbons (Fsp3) is 0.286. The van der Waals surface area contributed by atoms with Gasteiger partial charge in [-0.1, -0.05) is 6.07 Å². The Kier molecular flexibility index (Phi) is 3.59. The van der Waals surface area contributed by atoms with Crippen LogP contribution in [0.5, 0.6) is 0 Å². The molecule has 2 rings (SSSR count). The van der Waals surface area contributed by atoms with Gasteiger partial charge in [0.2, 0.25) is 0 Å². The van der Waals surface area contributed by atoms with Gasteiger partial charge in [-0.25, -0.2) is 4.39 Å². The van der Waals surface area contributed by atoms with E-state index in [0.717, 1.165) is 16.9 Å². The zero-order valence-electron chi connectivity index (χ0n) is 10.0. The molecule has 2 aromatic rings. The number of aryl methyl sites for hydroxylation is 1. The van der Waals surface area contributed by atoms with E-state index in [0.29, 0.717) is 6.54 Å². The molecule has 2 nitrogen and oxygen atoms in total. The summed E-state index contributed by atoms with van der Waals surface area (Å²) in [7, 11) is 0. The zero-order valence-corrected chi connectivity index (χ0v) is 10.0. The van der Waals surface area contributed by atoms with Gasteiger partial charge in [0.1, 0.15) is 11.6 Å². The highest BCUT2D eigenvalue weighted by Gasteiger charge is 2.08. The van der Waals surface area contributed by atoms with Crippen molar-refractivity contribution in [3.63, 3.8) is 0 Å². The quantitative estimate of drug-likeness (QED) is 0.873. The molecule has 0 saturated heterocycles. The molecule has 90 valence electrons. The number of benzene rings is 1. The predicted molar refractivity (Wildman–Crippen MR) is 65.1 cm³/mol. The Hall–Kier alpha value is -1.61. The zero-order chi connectivity index (χ0) is 12.3. The SMILES string of the molecule is Cc1cc(F)ccc1CNC(C)c1ccco1. The van der Waals surface area contributed by atoms with E-state index in [9.17, 15) is 4.39 Å².